The maximum atomic E-state index is 12.7. The third-order valence-electron chi connectivity index (χ3n) is 4.87. The normalized spacial score (nSPS) is 16.2. The van der Waals surface area contributed by atoms with Crippen molar-refractivity contribution in [3.63, 3.8) is 0 Å². The van der Waals surface area contributed by atoms with Crippen LogP contribution in [0.25, 0.3) is 11.1 Å². The number of aromatic nitrogens is 1. The lowest BCUT2D eigenvalue weighted by Gasteiger charge is -2.09. The summed E-state index contributed by atoms with van der Waals surface area (Å²) in [4.78, 5) is 16.4. The van der Waals surface area contributed by atoms with Crippen LogP contribution in [0, 0.1) is 0 Å². The third kappa shape index (κ3) is 5.53. The summed E-state index contributed by atoms with van der Waals surface area (Å²) in [6, 6.07) is 11.0. The highest BCUT2D eigenvalue weighted by molar-refractivity contribution is 7.99. The molecule has 0 unspecified atom stereocenters. The summed E-state index contributed by atoms with van der Waals surface area (Å²) in [6.45, 7) is 1.24. The predicted molar refractivity (Wildman–Crippen MR) is 121 cm³/mol. The van der Waals surface area contributed by atoms with Crippen molar-refractivity contribution in [1.29, 1.82) is 0 Å². The van der Waals surface area contributed by atoms with Crippen LogP contribution < -0.4 is 14.8 Å². The molecule has 0 radical (unpaired) electrons. The molecule has 0 bridgehead atoms. The molecule has 0 saturated carbocycles. The van der Waals surface area contributed by atoms with Crippen molar-refractivity contribution in [3.05, 3.63) is 42.5 Å². The molecule has 1 aliphatic rings. The van der Waals surface area contributed by atoms with E-state index in [1.54, 1.807) is 30.3 Å². The summed E-state index contributed by atoms with van der Waals surface area (Å²) in [7, 11) is -2.27. The minimum atomic E-state index is -3.81. The van der Waals surface area contributed by atoms with Gasteiger partial charge in [0, 0.05) is 18.8 Å². The first-order chi connectivity index (χ1) is 15.4. The Kier molecular flexibility index (Phi) is 6.87. The predicted octanol–water partition coefficient (Wildman–Crippen LogP) is 3.02. The Morgan fingerprint density at radius 3 is 2.78 bits per heavy atom. The number of nitrogens with zero attached hydrogens (tertiary/aromatic N) is 1. The molecule has 1 fully saturated rings. The van der Waals surface area contributed by atoms with Crippen molar-refractivity contribution in [2.75, 3.05) is 30.7 Å². The number of hydrogen-bond acceptors (Lipinski definition) is 8. The van der Waals surface area contributed by atoms with E-state index in [4.69, 9.17) is 13.9 Å². The van der Waals surface area contributed by atoms with Crippen LogP contribution in [-0.2, 0) is 19.6 Å². The first kappa shape index (κ1) is 22.4. The third-order valence-corrected chi connectivity index (χ3v) is 7.08. The van der Waals surface area contributed by atoms with Gasteiger partial charge in [-0.3, -0.25) is 9.52 Å². The number of thioether (sulfide) groups is 1. The molecule has 170 valence electrons. The van der Waals surface area contributed by atoms with Gasteiger partial charge < -0.3 is 19.2 Å². The number of sulfonamides is 1. The van der Waals surface area contributed by atoms with Crippen molar-refractivity contribution in [2.24, 2.45) is 0 Å². The summed E-state index contributed by atoms with van der Waals surface area (Å²) < 4.78 is 44.2. The number of rotatable bonds is 9. The fourth-order valence-corrected chi connectivity index (χ4v) is 4.95. The zero-order valence-electron chi connectivity index (χ0n) is 17.4. The van der Waals surface area contributed by atoms with Crippen molar-refractivity contribution in [3.8, 4) is 5.75 Å². The topological polar surface area (TPSA) is 120 Å². The fraction of sp³-hybridized carbons (Fsp3) is 0.333. The molecule has 32 heavy (non-hydrogen) atoms. The van der Waals surface area contributed by atoms with Gasteiger partial charge in [-0.15, -0.1) is 0 Å². The highest BCUT2D eigenvalue weighted by Gasteiger charge is 2.19. The van der Waals surface area contributed by atoms with E-state index in [0.717, 1.165) is 31.2 Å². The molecule has 3 aromatic rings. The molecule has 0 spiro atoms. The molecule has 2 aromatic carbocycles. The number of ether oxygens (including phenoxy) is 2. The maximum Gasteiger partial charge on any atom is 0.261 e. The number of oxazole rings is 1. The van der Waals surface area contributed by atoms with Crippen LogP contribution in [-0.4, -0.2) is 51.4 Å². The SMILES string of the molecule is COc1ccc(NS(=O)(=O)c2ccc3oc(SCC(=O)NC[C@@H]4CCCO4)nc3c2)cc1. The Morgan fingerprint density at radius 2 is 2.06 bits per heavy atom. The van der Waals surface area contributed by atoms with Gasteiger partial charge in [-0.25, -0.2) is 13.4 Å². The van der Waals surface area contributed by atoms with Crippen LogP contribution in [0.5, 0.6) is 5.75 Å². The van der Waals surface area contributed by atoms with E-state index in [-0.39, 0.29) is 22.7 Å². The van der Waals surface area contributed by atoms with Gasteiger partial charge in [0.1, 0.15) is 11.3 Å². The van der Waals surface area contributed by atoms with Crippen LogP contribution in [0.2, 0.25) is 0 Å². The van der Waals surface area contributed by atoms with E-state index in [1.165, 1.54) is 19.2 Å². The molecule has 1 amide bonds. The molecule has 2 heterocycles. The smallest absolute Gasteiger partial charge is 0.261 e. The second-order valence-corrected chi connectivity index (χ2v) is 9.78. The number of fused-ring (bicyclic) bond motifs is 1. The molecular formula is C21H23N3O6S2. The van der Waals surface area contributed by atoms with Gasteiger partial charge >= 0.3 is 0 Å². The molecule has 11 heteroatoms. The lowest BCUT2D eigenvalue weighted by molar-refractivity contribution is -0.119. The zero-order valence-corrected chi connectivity index (χ0v) is 19.0. The number of anilines is 1. The van der Waals surface area contributed by atoms with Crippen LogP contribution in [0.3, 0.4) is 0 Å². The molecular weight excluding hydrogens is 454 g/mol. The Hall–Kier alpha value is -2.76. The standard InChI is InChI=1S/C21H23N3O6S2/c1-28-15-6-4-14(5-7-15)24-32(26,27)17-8-9-19-18(11-17)23-21(30-19)31-13-20(25)22-12-16-3-2-10-29-16/h4-9,11,16,24H,2-3,10,12-13H2,1H3,(H,22,25)/t16-/m0/s1. The van der Waals surface area contributed by atoms with Crippen LogP contribution in [0.1, 0.15) is 12.8 Å². The number of carbonyl (C=O) groups excluding carboxylic acids is 1. The number of hydrogen-bond donors (Lipinski definition) is 2. The highest BCUT2D eigenvalue weighted by atomic mass is 32.2. The van der Waals surface area contributed by atoms with E-state index in [0.29, 0.717) is 34.3 Å². The minimum absolute atomic E-state index is 0.0555. The van der Waals surface area contributed by atoms with E-state index in [1.807, 2.05) is 0 Å². The largest absolute Gasteiger partial charge is 0.497 e. The van der Waals surface area contributed by atoms with E-state index in [2.05, 4.69) is 15.0 Å². The maximum absolute atomic E-state index is 12.7. The zero-order chi connectivity index (χ0) is 22.6. The van der Waals surface area contributed by atoms with Gasteiger partial charge in [-0.2, -0.15) is 0 Å². The van der Waals surface area contributed by atoms with Crippen molar-refractivity contribution >= 4 is 44.5 Å². The van der Waals surface area contributed by atoms with Gasteiger partial charge in [0.15, 0.2) is 5.58 Å². The lowest BCUT2D eigenvalue weighted by Crippen LogP contribution is -2.32. The molecule has 1 aromatic heterocycles. The summed E-state index contributed by atoms with van der Waals surface area (Å²) in [6.07, 6.45) is 2.06. The second kappa shape index (κ2) is 9.80. The average molecular weight is 478 g/mol. The first-order valence-electron chi connectivity index (χ1n) is 10.0. The van der Waals surface area contributed by atoms with Crippen molar-refractivity contribution < 1.29 is 27.1 Å². The van der Waals surface area contributed by atoms with Crippen LogP contribution in [0.15, 0.2) is 57.0 Å². The summed E-state index contributed by atoms with van der Waals surface area (Å²) in [5.41, 5.74) is 1.25. The average Bonchev–Trinajstić information content (AvgIpc) is 3.45. The minimum Gasteiger partial charge on any atom is -0.497 e. The highest BCUT2D eigenvalue weighted by Crippen LogP contribution is 2.26. The molecule has 1 saturated heterocycles. The quantitative estimate of drug-likeness (QED) is 0.451. The Balaban J connectivity index is 1.38. The van der Waals surface area contributed by atoms with Crippen LogP contribution >= 0.6 is 11.8 Å². The van der Waals surface area contributed by atoms with Crippen LogP contribution in [0.4, 0.5) is 5.69 Å². The van der Waals surface area contributed by atoms with Crippen molar-refractivity contribution in [1.82, 2.24) is 10.3 Å². The molecule has 9 nitrogen and oxygen atoms in total. The summed E-state index contributed by atoms with van der Waals surface area (Å²) >= 11 is 1.15. The van der Waals surface area contributed by atoms with Gasteiger partial charge in [0.05, 0.1) is 23.9 Å². The van der Waals surface area contributed by atoms with E-state index in [9.17, 15) is 13.2 Å². The number of methoxy groups -OCH3 is 1. The Labute approximate surface area is 189 Å². The number of amides is 1. The van der Waals surface area contributed by atoms with Gasteiger partial charge in [-0.05, 0) is 55.3 Å². The van der Waals surface area contributed by atoms with Crippen molar-refractivity contribution in [2.45, 2.75) is 29.1 Å². The Bertz CT molecular complexity index is 1190. The van der Waals surface area contributed by atoms with Gasteiger partial charge in [0.2, 0.25) is 5.91 Å². The fourth-order valence-electron chi connectivity index (χ4n) is 3.20. The molecule has 1 atom stereocenters. The first-order valence-corrected chi connectivity index (χ1v) is 12.5. The molecule has 0 aliphatic carbocycles. The molecule has 1 aliphatic heterocycles. The molecule has 2 N–H and O–H groups in total. The number of carbonyl (C=O) groups is 1. The van der Waals surface area contributed by atoms with E-state index >= 15 is 0 Å². The monoisotopic (exact) mass is 477 g/mol. The summed E-state index contributed by atoms with van der Waals surface area (Å²) in [5.74, 6) is 0.631. The number of nitrogens with one attached hydrogen (secondary N) is 2. The second-order valence-electron chi connectivity index (χ2n) is 7.17. The number of benzene rings is 2. The lowest BCUT2D eigenvalue weighted by atomic mass is 10.2. The van der Waals surface area contributed by atoms with Gasteiger partial charge in [-0.1, -0.05) is 11.8 Å². The molecule has 4 rings (SSSR count). The Morgan fingerprint density at radius 1 is 1.25 bits per heavy atom. The van der Waals surface area contributed by atoms with E-state index < -0.39 is 10.0 Å². The van der Waals surface area contributed by atoms with Gasteiger partial charge in [0.25, 0.3) is 15.2 Å². The summed E-state index contributed by atoms with van der Waals surface area (Å²) in [5, 5.41) is 3.13.